The van der Waals surface area contributed by atoms with E-state index >= 15 is 0 Å². The van der Waals surface area contributed by atoms with Gasteiger partial charge in [0.1, 0.15) is 11.5 Å². The van der Waals surface area contributed by atoms with E-state index in [0.717, 1.165) is 19.3 Å². The number of allylic oxidation sites excluding steroid dienone is 1. The van der Waals surface area contributed by atoms with Gasteiger partial charge in [-0.05, 0) is 48.2 Å². The van der Waals surface area contributed by atoms with Crippen molar-refractivity contribution < 1.29 is 48.7 Å². The minimum Gasteiger partial charge on any atom is -0.458 e. The van der Waals surface area contributed by atoms with Crippen LogP contribution in [0.15, 0.2) is 36.0 Å². The molecule has 1 saturated carbocycles. The zero-order valence-corrected chi connectivity index (χ0v) is 29.8. The van der Waals surface area contributed by atoms with Crippen molar-refractivity contribution in [2.75, 3.05) is 6.61 Å². The minimum atomic E-state index is -1.47. The summed E-state index contributed by atoms with van der Waals surface area (Å²) in [7, 11) is 0. The Bertz CT molecular complexity index is 1160. The molecule has 48 heavy (non-hydrogen) atoms. The highest BCUT2D eigenvalue weighted by molar-refractivity contribution is 5.70. The van der Waals surface area contributed by atoms with Crippen LogP contribution in [-0.4, -0.2) is 70.7 Å². The van der Waals surface area contributed by atoms with Gasteiger partial charge >= 0.3 is 17.9 Å². The summed E-state index contributed by atoms with van der Waals surface area (Å²) in [5.74, 6) is -2.88. The lowest BCUT2D eigenvalue weighted by Crippen LogP contribution is -2.68. The number of unbranched alkanes of at least 4 members (excludes halogenated alkanes) is 10. The second-order valence-corrected chi connectivity index (χ2v) is 14.3. The normalized spacial score (nSPS) is 32.9. The molecule has 1 heterocycles. The van der Waals surface area contributed by atoms with Crippen LogP contribution in [0.1, 0.15) is 125 Å². The van der Waals surface area contributed by atoms with Gasteiger partial charge in [-0.15, -0.1) is 0 Å². The third-order valence-electron chi connectivity index (χ3n) is 11.0. The van der Waals surface area contributed by atoms with Gasteiger partial charge in [0.15, 0.2) is 0 Å². The fourth-order valence-corrected chi connectivity index (χ4v) is 8.21. The Morgan fingerprint density at radius 1 is 0.958 bits per heavy atom. The average molecular weight is 677 g/mol. The van der Waals surface area contributed by atoms with E-state index in [1.165, 1.54) is 64.9 Å². The van der Waals surface area contributed by atoms with Crippen LogP contribution in [0.3, 0.4) is 0 Å². The molecule has 3 N–H and O–H groups in total. The number of carbonyl (C=O) groups excluding carboxylic acids is 3. The molecule has 10 heteroatoms. The van der Waals surface area contributed by atoms with E-state index in [9.17, 15) is 29.7 Å². The van der Waals surface area contributed by atoms with Gasteiger partial charge < -0.3 is 29.5 Å². The number of aliphatic hydroxyl groups is 3. The summed E-state index contributed by atoms with van der Waals surface area (Å²) in [6, 6.07) is 0. The second kappa shape index (κ2) is 18.5. The molecule has 0 radical (unpaired) electrons. The number of hydrogen-bond acceptors (Lipinski definition) is 10. The van der Waals surface area contributed by atoms with E-state index in [-0.39, 0.29) is 19.4 Å². The number of hydrogen-bond donors (Lipinski definition) is 3. The molecule has 1 spiro atoms. The molecule has 272 valence electrons. The Morgan fingerprint density at radius 3 is 2.08 bits per heavy atom. The SMILES string of the molecule is C=C/C(=C\C[C@]1(C)[C@@H](C)[C@H](O)[C@@H](OC(=O)CCCCCCCCCCCCC)[C@]23C(=C[C@@H](O)C[C@@H]12)[C@H](OC(C)=O)O[C@@H]3OC(C)=O)CO. The summed E-state index contributed by atoms with van der Waals surface area (Å²) >= 11 is 0. The zero-order chi connectivity index (χ0) is 35.5. The smallest absolute Gasteiger partial charge is 0.306 e. The largest absolute Gasteiger partial charge is 0.458 e. The quantitative estimate of drug-likeness (QED) is 0.0474. The van der Waals surface area contributed by atoms with Crippen molar-refractivity contribution in [2.45, 2.75) is 155 Å². The van der Waals surface area contributed by atoms with E-state index in [2.05, 4.69) is 13.5 Å². The Hall–Kier alpha value is -2.53. The molecule has 0 amide bonds. The number of aliphatic hydroxyl groups excluding tert-OH is 3. The Labute approximate surface area is 286 Å². The predicted molar refractivity (Wildman–Crippen MR) is 181 cm³/mol. The van der Waals surface area contributed by atoms with Crippen LogP contribution in [0.4, 0.5) is 0 Å². The molecule has 2 fully saturated rings. The maximum absolute atomic E-state index is 13.5. The van der Waals surface area contributed by atoms with E-state index in [0.29, 0.717) is 24.0 Å². The first-order valence-electron chi connectivity index (χ1n) is 18.1. The van der Waals surface area contributed by atoms with Gasteiger partial charge in [-0.25, -0.2) is 0 Å². The number of carbonyl (C=O) groups is 3. The van der Waals surface area contributed by atoms with E-state index in [1.54, 1.807) is 6.08 Å². The van der Waals surface area contributed by atoms with E-state index in [4.69, 9.17) is 18.9 Å². The number of rotatable bonds is 19. The Kier molecular flexibility index (Phi) is 15.3. The van der Waals surface area contributed by atoms with Crippen LogP contribution in [-0.2, 0) is 33.3 Å². The fourth-order valence-electron chi connectivity index (χ4n) is 8.21. The molecular formula is C38H60O10. The molecule has 1 aliphatic heterocycles. The van der Waals surface area contributed by atoms with E-state index < -0.39 is 71.5 Å². The molecule has 9 atom stereocenters. The maximum atomic E-state index is 13.5. The van der Waals surface area contributed by atoms with Crippen LogP contribution >= 0.6 is 0 Å². The molecule has 0 bridgehead atoms. The summed E-state index contributed by atoms with van der Waals surface area (Å²) in [5, 5.41) is 33.1. The molecule has 3 rings (SSSR count). The van der Waals surface area contributed by atoms with Gasteiger partial charge in [0.25, 0.3) is 0 Å². The van der Waals surface area contributed by atoms with Gasteiger partial charge in [-0.2, -0.15) is 0 Å². The molecule has 3 aliphatic rings. The standard InChI is InChI=1S/C38H60O10/c1-7-9-10-11-12-13-14-15-16-17-18-19-32(43)47-34-33(44)25(3)37(6,21-20-28(8-2)24-39)31-23-29(42)22-30-35(45-26(4)40)48-36(38(30,31)34)46-27(5)41/h8,20,22,25,29,31,33-36,39,42,44H,2,7,9-19,21,23-24H2,1,3-6H3/b28-20+/t25-,29+,31-,33-,34+,35+,36-,37+,38-/m0/s1. The molecule has 0 aromatic carbocycles. The topological polar surface area (TPSA) is 149 Å². The summed E-state index contributed by atoms with van der Waals surface area (Å²) in [6.45, 7) is 12.0. The van der Waals surface area contributed by atoms with Crippen molar-refractivity contribution in [1.29, 1.82) is 0 Å². The van der Waals surface area contributed by atoms with Gasteiger partial charge in [-0.1, -0.05) is 104 Å². The monoisotopic (exact) mass is 676 g/mol. The molecule has 0 aromatic rings. The van der Waals surface area contributed by atoms with Crippen molar-refractivity contribution in [2.24, 2.45) is 22.7 Å². The Morgan fingerprint density at radius 2 is 1.54 bits per heavy atom. The van der Waals surface area contributed by atoms with Crippen LogP contribution in [0.2, 0.25) is 0 Å². The highest BCUT2D eigenvalue weighted by Crippen LogP contribution is 2.67. The predicted octanol–water partition coefficient (Wildman–Crippen LogP) is 6.21. The van der Waals surface area contributed by atoms with Gasteiger partial charge in [0, 0.05) is 25.8 Å². The summed E-state index contributed by atoms with van der Waals surface area (Å²) < 4.78 is 23.6. The highest BCUT2D eigenvalue weighted by atomic mass is 16.8. The van der Waals surface area contributed by atoms with Crippen molar-refractivity contribution in [1.82, 2.24) is 0 Å². The molecule has 1 saturated heterocycles. The van der Waals surface area contributed by atoms with Crippen LogP contribution < -0.4 is 0 Å². The first-order chi connectivity index (χ1) is 22.9. The van der Waals surface area contributed by atoms with Crippen molar-refractivity contribution in [3.63, 3.8) is 0 Å². The molecular weight excluding hydrogens is 616 g/mol. The third-order valence-corrected chi connectivity index (χ3v) is 11.0. The molecule has 0 aromatic heterocycles. The fraction of sp³-hybridized carbons (Fsp3) is 0.763. The highest BCUT2D eigenvalue weighted by Gasteiger charge is 2.74. The second-order valence-electron chi connectivity index (χ2n) is 14.3. The lowest BCUT2D eigenvalue weighted by Gasteiger charge is -2.62. The van der Waals surface area contributed by atoms with Gasteiger partial charge in [0.2, 0.25) is 12.6 Å². The maximum Gasteiger partial charge on any atom is 0.306 e. The lowest BCUT2D eigenvalue weighted by atomic mass is 9.44. The van der Waals surface area contributed by atoms with Gasteiger partial charge in [-0.3, -0.25) is 19.1 Å². The zero-order valence-electron chi connectivity index (χ0n) is 29.8. The van der Waals surface area contributed by atoms with Crippen molar-refractivity contribution in [3.8, 4) is 0 Å². The number of esters is 3. The summed E-state index contributed by atoms with van der Waals surface area (Å²) in [6.07, 6.45) is 12.0. The first-order valence-corrected chi connectivity index (χ1v) is 18.1. The van der Waals surface area contributed by atoms with Crippen LogP contribution in [0.5, 0.6) is 0 Å². The van der Waals surface area contributed by atoms with Crippen molar-refractivity contribution >= 4 is 17.9 Å². The molecule has 0 unspecified atom stereocenters. The number of ether oxygens (including phenoxy) is 4. The van der Waals surface area contributed by atoms with Crippen LogP contribution in [0, 0.1) is 22.7 Å². The first kappa shape index (κ1) is 39.9. The average Bonchev–Trinajstić information content (AvgIpc) is 3.32. The minimum absolute atomic E-state index is 0.155. The third kappa shape index (κ3) is 9.17. The summed E-state index contributed by atoms with van der Waals surface area (Å²) in [4.78, 5) is 38.2. The molecule has 2 aliphatic carbocycles. The Balaban J connectivity index is 1.90. The van der Waals surface area contributed by atoms with E-state index in [1.807, 2.05) is 19.9 Å². The van der Waals surface area contributed by atoms with Gasteiger partial charge in [0.05, 0.1) is 18.8 Å². The van der Waals surface area contributed by atoms with Crippen molar-refractivity contribution in [3.05, 3.63) is 36.0 Å². The lowest BCUT2D eigenvalue weighted by molar-refractivity contribution is -0.276. The van der Waals surface area contributed by atoms with Crippen LogP contribution in [0.25, 0.3) is 0 Å². The summed E-state index contributed by atoms with van der Waals surface area (Å²) in [5.41, 5.74) is -1.38. The molecule has 10 nitrogen and oxygen atoms in total.